The van der Waals surface area contributed by atoms with Gasteiger partial charge in [0, 0.05) is 24.8 Å². The summed E-state index contributed by atoms with van der Waals surface area (Å²) >= 11 is 0. The van der Waals surface area contributed by atoms with E-state index in [0.717, 1.165) is 31.5 Å². The molecule has 0 radical (unpaired) electrons. The third-order valence-corrected chi connectivity index (χ3v) is 6.97. The third kappa shape index (κ3) is 4.05. The molecule has 5 heteroatoms. The lowest BCUT2D eigenvalue weighted by atomic mass is 10.1. The molecule has 2 aromatic carbocycles. The lowest BCUT2D eigenvalue weighted by Gasteiger charge is -2.32. The number of anilines is 1. The maximum absolute atomic E-state index is 12.8. The van der Waals surface area contributed by atoms with Crippen molar-refractivity contribution >= 4 is 15.7 Å². The summed E-state index contributed by atoms with van der Waals surface area (Å²) < 4.78 is 27.3. The van der Waals surface area contributed by atoms with Crippen molar-refractivity contribution in [2.75, 3.05) is 11.9 Å². The second kappa shape index (κ2) is 7.58. The van der Waals surface area contributed by atoms with E-state index in [1.165, 1.54) is 11.1 Å². The van der Waals surface area contributed by atoms with Crippen LogP contribution in [0.2, 0.25) is 0 Å². The fraction of sp³-hybridized carbons (Fsp3) is 0.400. The second-order valence-electron chi connectivity index (χ2n) is 6.76. The highest BCUT2D eigenvalue weighted by molar-refractivity contribution is 7.89. The van der Waals surface area contributed by atoms with Crippen LogP contribution >= 0.6 is 0 Å². The van der Waals surface area contributed by atoms with Gasteiger partial charge in [-0.15, -0.1) is 0 Å². The number of rotatable bonds is 5. The Morgan fingerprint density at radius 2 is 1.80 bits per heavy atom. The summed E-state index contributed by atoms with van der Waals surface area (Å²) in [6.07, 6.45) is 2.99. The molecule has 0 spiro atoms. The Balaban J connectivity index is 1.70. The number of nitrogens with zero attached hydrogens (tertiary/aromatic N) is 1. The van der Waals surface area contributed by atoms with Gasteiger partial charge >= 0.3 is 0 Å². The van der Waals surface area contributed by atoms with Gasteiger partial charge in [0.25, 0.3) is 0 Å². The van der Waals surface area contributed by atoms with Crippen LogP contribution in [0.4, 0.5) is 5.69 Å². The molecule has 1 fully saturated rings. The van der Waals surface area contributed by atoms with Crippen molar-refractivity contribution in [3.63, 3.8) is 0 Å². The summed E-state index contributed by atoms with van der Waals surface area (Å²) in [5, 5.41) is 3.36. The number of sulfonamides is 1. The Labute approximate surface area is 150 Å². The minimum atomic E-state index is -3.40. The zero-order chi connectivity index (χ0) is 17.9. The standard InChI is InChI=1S/C20H26N2O2S/c1-16-7-3-4-9-18(16)15-21-19-10-12-20(13-11-19)25(23,24)22-14-6-5-8-17(22)2/h3-4,7,9-13,17,21H,5-6,8,14-15H2,1-2H3. The van der Waals surface area contributed by atoms with E-state index in [-0.39, 0.29) is 6.04 Å². The van der Waals surface area contributed by atoms with Crippen molar-refractivity contribution in [1.29, 1.82) is 0 Å². The molecule has 1 heterocycles. The van der Waals surface area contributed by atoms with Crippen molar-refractivity contribution in [3.05, 3.63) is 59.7 Å². The van der Waals surface area contributed by atoms with E-state index in [9.17, 15) is 8.42 Å². The van der Waals surface area contributed by atoms with Gasteiger partial charge in [0.15, 0.2) is 0 Å². The lowest BCUT2D eigenvalue weighted by molar-refractivity contribution is 0.268. The van der Waals surface area contributed by atoms with E-state index in [4.69, 9.17) is 0 Å². The average molecular weight is 359 g/mol. The van der Waals surface area contributed by atoms with Crippen LogP contribution < -0.4 is 5.32 Å². The van der Waals surface area contributed by atoms with E-state index < -0.39 is 10.0 Å². The maximum atomic E-state index is 12.8. The Hall–Kier alpha value is -1.85. The maximum Gasteiger partial charge on any atom is 0.243 e. The molecule has 25 heavy (non-hydrogen) atoms. The van der Waals surface area contributed by atoms with Gasteiger partial charge in [-0.05, 0) is 62.1 Å². The molecule has 4 nitrogen and oxygen atoms in total. The molecular weight excluding hydrogens is 332 g/mol. The van der Waals surface area contributed by atoms with Gasteiger partial charge in [0.2, 0.25) is 10.0 Å². The van der Waals surface area contributed by atoms with E-state index >= 15 is 0 Å². The van der Waals surface area contributed by atoms with Gasteiger partial charge in [0.05, 0.1) is 4.90 Å². The van der Waals surface area contributed by atoms with Crippen LogP contribution in [-0.2, 0) is 16.6 Å². The molecule has 0 amide bonds. The van der Waals surface area contributed by atoms with Crippen LogP contribution in [-0.4, -0.2) is 25.3 Å². The first-order chi connectivity index (χ1) is 12.0. The molecule has 1 aliphatic heterocycles. The molecule has 1 atom stereocenters. The van der Waals surface area contributed by atoms with Gasteiger partial charge in [-0.25, -0.2) is 8.42 Å². The molecule has 0 saturated carbocycles. The Bertz CT molecular complexity index is 816. The fourth-order valence-electron chi connectivity index (χ4n) is 3.31. The van der Waals surface area contributed by atoms with Crippen LogP contribution in [0.3, 0.4) is 0 Å². The number of benzene rings is 2. The van der Waals surface area contributed by atoms with Crippen molar-refractivity contribution < 1.29 is 8.42 Å². The Morgan fingerprint density at radius 3 is 2.48 bits per heavy atom. The van der Waals surface area contributed by atoms with Gasteiger partial charge in [-0.3, -0.25) is 0 Å². The summed E-state index contributed by atoms with van der Waals surface area (Å²) in [4.78, 5) is 0.377. The fourth-order valence-corrected chi connectivity index (χ4v) is 5.01. The van der Waals surface area contributed by atoms with Crippen molar-refractivity contribution in [3.8, 4) is 0 Å². The summed E-state index contributed by atoms with van der Waals surface area (Å²) in [5.41, 5.74) is 3.41. The number of aryl methyl sites for hydroxylation is 1. The van der Waals surface area contributed by atoms with E-state index in [2.05, 4.69) is 24.4 Å². The van der Waals surface area contributed by atoms with E-state index in [1.807, 2.05) is 31.2 Å². The molecular formula is C20H26N2O2S. The number of piperidine rings is 1. The minimum Gasteiger partial charge on any atom is -0.381 e. The summed E-state index contributed by atoms with van der Waals surface area (Å²) in [6.45, 7) is 5.43. The lowest BCUT2D eigenvalue weighted by Crippen LogP contribution is -2.41. The number of hydrogen-bond acceptors (Lipinski definition) is 3. The van der Waals surface area contributed by atoms with Crippen LogP contribution in [0.1, 0.15) is 37.3 Å². The SMILES string of the molecule is Cc1ccccc1CNc1ccc(S(=O)(=O)N2CCCCC2C)cc1. The van der Waals surface area contributed by atoms with Crippen LogP contribution in [0.25, 0.3) is 0 Å². The average Bonchev–Trinajstić information content (AvgIpc) is 2.61. The van der Waals surface area contributed by atoms with Crippen LogP contribution in [0.5, 0.6) is 0 Å². The normalized spacial score (nSPS) is 18.9. The molecule has 3 rings (SSSR count). The van der Waals surface area contributed by atoms with E-state index in [1.54, 1.807) is 16.4 Å². The van der Waals surface area contributed by atoms with Crippen molar-refractivity contribution in [2.24, 2.45) is 0 Å². The van der Waals surface area contributed by atoms with Crippen molar-refractivity contribution in [2.45, 2.75) is 50.6 Å². The summed E-state index contributed by atoms with van der Waals surface area (Å²) in [6, 6.07) is 15.4. The highest BCUT2D eigenvalue weighted by atomic mass is 32.2. The molecule has 1 N–H and O–H groups in total. The number of nitrogens with one attached hydrogen (secondary N) is 1. The molecule has 0 bridgehead atoms. The predicted octanol–water partition coefficient (Wildman–Crippen LogP) is 4.17. The topological polar surface area (TPSA) is 49.4 Å². The van der Waals surface area contributed by atoms with Gasteiger partial charge in [-0.2, -0.15) is 4.31 Å². The third-order valence-electron chi connectivity index (χ3n) is 4.95. The van der Waals surface area contributed by atoms with Gasteiger partial charge < -0.3 is 5.32 Å². The summed E-state index contributed by atoms with van der Waals surface area (Å²) in [7, 11) is -3.40. The Morgan fingerprint density at radius 1 is 1.08 bits per heavy atom. The monoisotopic (exact) mass is 358 g/mol. The molecule has 1 aliphatic rings. The first kappa shape index (κ1) is 18.0. The highest BCUT2D eigenvalue weighted by Crippen LogP contribution is 2.26. The zero-order valence-electron chi connectivity index (χ0n) is 14.9. The molecule has 0 aromatic heterocycles. The van der Waals surface area contributed by atoms with Crippen LogP contribution in [0.15, 0.2) is 53.4 Å². The van der Waals surface area contributed by atoms with Crippen molar-refractivity contribution in [1.82, 2.24) is 4.31 Å². The molecule has 1 unspecified atom stereocenters. The molecule has 0 aliphatic carbocycles. The number of hydrogen-bond donors (Lipinski definition) is 1. The quantitative estimate of drug-likeness (QED) is 0.873. The Kier molecular flexibility index (Phi) is 5.45. The summed E-state index contributed by atoms with van der Waals surface area (Å²) in [5.74, 6) is 0. The molecule has 2 aromatic rings. The van der Waals surface area contributed by atoms with E-state index in [0.29, 0.717) is 11.4 Å². The van der Waals surface area contributed by atoms with Gasteiger partial charge in [-0.1, -0.05) is 30.7 Å². The second-order valence-corrected chi connectivity index (χ2v) is 8.66. The molecule has 1 saturated heterocycles. The predicted molar refractivity (Wildman–Crippen MR) is 102 cm³/mol. The minimum absolute atomic E-state index is 0.0811. The van der Waals surface area contributed by atoms with Crippen LogP contribution in [0, 0.1) is 6.92 Å². The zero-order valence-corrected chi connectivity index (χ0v) is 15.7. The largest absolute Gasteiger partial charge is 0.381 e. The molecule has 134 valence electrons. The highest BCUT2D eigenvalue weighted by Gasteiger charge is 2.30. The first-order valence-electron chi connectivity index (χ1n) is 8.89. The first-order valence-corrected chi connectivity index (χ1v) is 10.3. The smallest absolute Gasteiger partial charge is 0.243 e. The van der Waals surface area contributed by atoms with Gasteiger partial charge in [0.1, 0.15) is 0 Å².